The van der Waals surface area contributed by atoms with E-state index < -0.39 is 0 Å². The molecule has 98 valence electrons. The van der Waals surface area contributed by atoms with Gasteiger partial charge in [0.1, 0.15) is 5.75 Å². The number of aryl methyl sites for hydroxylation is 1. The molecule has 0 unspecified atom stereocenters. The van der Waals surface area contributed by atoms with Gasteiger partial charge in [-0.25, -0.2) is 10.4 Å². The number of aromatic amines is 1. The minimum Gasteiger partial charge on any atom is -0.497 e. The molecule has 19 heavy (non-hydrogen) atoms. The number of anilines is 1. The number of hydrogen-bond donors (Lipinski definition) is 2. The lowest BCUT2D eigenvalue weighted by atomic mass is 10.2. The molecule has 0 amide bonds. The monoisotopic (exact) mass is 258 g/mol. The van der Waals surface area contributed by atoms with E-state index in [4.69, 9.17) is 4.74 Å². The molecule has 2 N–H and O–H groups in total. The van der Waals surface area contributed by atoms with Gasteiger partial charge in [-0.3, -0.25) is 9.78 Å². The van der Waals surface area contributed by atoms with Crippen molar-refractivity contribution in [1.29, 1.82) is 0 Å². The van der Waals surface area contributed by atoms with Gasteiger partial charge in [-0.05, 0) is 24.6 Å². The maximum absolute atomic E-state index is 11.2. The summed E-state index contributed by atoms with van der Waals surface area (Å²) in [5, 5.41) is 4.01. The number of rotatable bonds is 4. The van der Waals surface area contributed by atoms with Crippen LogP contribution in [0.1, 0.15) is 11.3 Å². The summed E-state index contributed by atoms with van der Waals surface area (Å²) >= 11 is 0. The highest BCUT2D eigenvalue weighted by Gasteiger charge is 1.96. The van der Waals surface area contributed by atoms with E-state index >= 15 is 0 Å². The SMILES string of the molecule is COc1cccc(/C=N\Nc2nc(C)cc(=O)[nH]2)c1. The number of ether oxygens (including phenoxy) is 1. The Kier molecular flexibility index (Phi) is 3.92. The lowest BCUT2D eigenvalue weighted by molar-refractivity contribution is 0.415. The molecule has 6 nitrogen and oxygen atoms in total. The van der Waals surface area contributed by atoms with E-state index in [0.717, 1.165) is 11.3 Å². The van der Waals surface area contributed by atoms with Crippen molar-refractivity contribution in [2.45, 2.75) is 6.92 Å². The first-order valence-corrected chi connectivity index (χ1v) is 5.68. The fourth-order valence-electron chi connectivity index (χ4n) is 1.52. The molecule has 0 saturated heterocycles. The number of methoxy groups -OCH3 is 1. The number of nitrogens with zero attached hydrogens (tertiary/aromatic N) is 2. The molecule has 0 bridgehead atoms. The van der Waals surface area contributed by atoms with Crippen molar-refractivity contribution in [3.8, 4) is 5.75 Å². The Morgan fingerprint density at radius 3 is 3.00 bits per heavy atom. The molecule has 6 heteroatoms. The summed E-state index contributed by atoms with van der Waals surface area (Å²) in [4.78, 5) is 17.9. The lowest BCUT2D eigenvalue weighted by Crippen LogP contribution is -2.10. The third-order valence-corrected chi connectivity index (χ3v) is 2.35. The Labute approximate surface area is 110 Å². The van der Waals surface area contributed by atoms with E-state index in [-0.39, 0.29) is 5.56 Å². The third-order valence-electron chi connectivity index (χ3n) is 2.35. The Morgan fingerprint density at radius 1 is 1.42 bits per heavy atom. The molecule has 0 aliphatic rings. The van der Waals surface area contributed by atoms with Gasteiger partial charge in [0.15, 0.2) is 0 Å². The maximum atomic E-state index is 11.2. The van der Waals surface area contributed by atoms with Crippen LogP contribution in [0, 0.1) is 6.92 Å². The lowest BCUT2D eigenvalue weighted by Gasteiger charge is -2.01. The van der Waals surface area contributed by atoms with Gasteiger partial charge >= 0.3 is 0 Å². The van der Waals surface area contributed by atoms with Crippen LogP contribution in [-0.4, -0.2) is 23.3 Å². The highest BCUT2D eigenvalue weighted by Crippen LogP contribution is 2.10. The topological polar surface area (TPSA) is 79.4 Å². The van der Waals surface area contributed by atoms with Crippen molar-refractivity contribution < 1.29 is 4.74 Å². The quantitative estimate of drug-likeness (QED) is 0.644. The second kappa shape index (κ2) is 5.81. The molecule has 0 aliphatic carbocycles. The van der Waals surface area contributed by atoms with Gasteiger partial charge < -0.3 is 4.74 Å². The summed E-state index contributed by atoms with van der Waals surface area (Å²) in [5.41, 5.74) is 3.96. The van der Waals surface area contributed by atoms with Crippen LogP contribution >= 0.6 is 0 Å². The van der Waals surface area contributed by atoms with E-state index in [2.05, 4.69) is 20.5 Å². The highest BCUT2D eigenvalue weighted by atomic mass is 16.5. The second-order valence-corrected chi connectivity index (χ2v) is 3.88. The Balaban J connectivity index is 2.08. The predicted octanol–water partition coefficient (Wildman–Crippen LogP) is 1.53. The van der Waals surface area contributed by atoms with Crippen LogP contribution in [0.2, 0.25) is 0 Å². The van der Waals surface area contributed by atoms with Gasteiger partial charge in [0, 0.05) is 11.8 Å². The van der Waals surface area contributed by atoms with Crippen LogP contribution in [-0.2, 0) is 0 Å². The molecule has 0 aliphatic heterocycles. The van der Waals surface area contributed by atoms with Gasteiger partial charge in [-0.15, -0.1) is 0 Å². The molecular formula is C13H14N4O2. The molecule has 0 saturated carbocycles. The smallest absolute Gasteiger partial charge is 0.252 e. The van der Waals surface area contributed by atoms with Gasteiger partial charge in [-0.1, -0.05) is 12.1 Å². The first-order chi connectivity index (χ1) is 9.17. The third kappa shape index (κ3) is 3.67. The van der Waals surface area contributed by atoms with Crippen molar-refractivity contribution in [3.05, 3.63) is 51.9 Å². The fourth-order valence-corrected chi connectivity index (χ4v) is 1.52. The molecule has 0 atom stereocenters. The Bertz CT molecular complexity index is 649. The maximum Gasteiger partial charge on any atom is 0.252 e. The summed E-state index contributed by atoms with van der Waals surface area (Å²) in [6, 6.07) is 8.87. The van der Waals surface area contributed by atoms with E-state index in [9.17, 15) is 4.79 Å². The number of H-pyrrole nitrogens is 1. The molecule has 1 aromatic heterocycles. The predicted molar refractivity (Wildman–Crippen MR) is 73.8 cm³/mol. The summed E-state index contributed by atoms with van der Waals surface area (Å²) < 4.78 is 5.11. The van der Waals surface area contributed by atoms with Gasteiger partial charge in [0.05, 0.1) is 13.3 Å². The number of benzene rings is 1. The van der Waals surface area contributed by atoms with Gasteiger partial charge in [0.25, 0.3) is 5.56 Å². The van der Waals surface area contributed by atoms with E-state index in [1.807, 2.05) is 24.3 Å². The summed E-state index contributed by atoms with van der Waals surface area (Å²) in [7, 11) is 1.61. The number of hydrazone groups is 1. The van der Waals surface area contributed by atoms with E-state index in [0.29, 0.717) is 11.6 Å². The van der Waals surface area contributed by atoms with Crippen molar-refractivity contribution in [3.63, 3.8) is 0 Å². The largest absolute Gasteiger partial charge is 0.497 e. The molecule has 0 radical (unpaired) electrons. The summed E-state index contributed by atoms with van der Waals surface area (Å²) in [5.74, 6) is 1.06. The van der Waals surface area contributed by atoms with Crippen molar-refractivity contribution >= 4 is 12.2 Å². The first-order valence-electron chi connectivity index (χ1n) is 5.68. The standard InChI is InChI=1S/C13H14N4O2/c1-9-6-12(18)16-13(15-9)17-14-8-10-4-3-5-11(7-10)19-2/h3-8H,1-2H3,(H2,15,16,17,18)/b14-8-. The summed E-state index contributed by atoms with van der Waals surface area (Å²) in [6.07, 6.45) is 1.62. The van der Waals surface area contributed by atoms with Crippen LogP contribution in [0.4, 0.5) is 5.95 Å². The average molecular weight is 258 g/mol. The zero-order chi connectivity index (χ0) is 13.7. The average Bonchev–Trinajstić information content (AvgIpc) is 2.38. The fraction of sp³-hybridized carbons (Fsp3) is 0.154. The molecule has 1 aromatic carbocycles. The molecular weight excluding hydrogens is 244 g/mol. The van der Waals surface area contributed by atoms with Gasteiger partial charge in [0.2, 0.25) is 5.95 Å². The van der Waals surface area contributed by atoms with Crippen molar-refractivity contribution in [1.82, 2.24) is 9.97 Å². The van der Waals surface area contributed by atoms with E-state index in [1.165, 1.54) is 6.07 Å². The molecule has 1 heterocycles. The first kappa shape index (κ1) is 12.8. The number of aromatic nitrogens is 2. The molecule has 2 rings (SSSR count). The van der Waals surface area contributed by atoms with Crippen LogP contribution in [0.5, 0.6) is 5.75 Å². The number of nitrogens with one attached hydrogen (secondary N) is 2. The Hall–Kier alpha value is -2.63. The molecule has 0 fully saturated rings. The minimum absolute atomic E-state index is 0.216. The minimum atomic E-state index is -0.216. The second-order valence-electron chi connectivity index (χ2n) is 3.88. The zero-order valence-electron chi connectivity index (χ0n) is 10.7. The van der Waals surface area contributed by atoms with Crippen molar-refractivity contribution in [2.75, 3.05) is 12.5 Å². The summed E-state index contributed by atoms with van der Waals surface area (Å²) in [6.45, 7) is 1.74. The Morgan fingerprint density at radius 2 is 2.26 bits per heavy atom. The van der Waals surface area contributed by atoms with Crippen LogP contribution in [0.3, 0.4) is 0 Å². The van der Waals surface area contributed by atoms with E-state index in [1.54, 1.807) is 20.2 Å². The molecule has 2 aromatic rings. The zero-order valence-corrected chi connectivity index (χ0v) is 10.7. The van der Waals surface area contributed by atoms with Gasteiger partial charge in [-0.2, -0.15) is 5.10 Å². The van der Waals surface area contributed by atoms with Crippen LogP contribution in [0.15, 0.2) is 40.2 Å². The van der Waals surface area contributed by atoms with Crippen LogP contribution in [0.25, 0.3) is 0 Å². The normalized spacial score (nSPS) is 10.6. The van der Waals surface area contributed by atoms with Crippen molar-refractivity contribution in [2.24, 2.45) is 5.10 Å². The number of hydrogen-bond acceptors (Lipinski definition) is 5. The molecule has 0 spiro atoms. The van der Waals surface area contributed by atoms with Crippen LogP contribution < -0.4 is 15.7 Å². The highest BCUT2D eigenvalue weighted by molar-refractivity contribution is 5.80.